The van der Waals surface area contributed by atoms with Gasteiger partial charge in [-0.2, -0.15) is 0 Å². The van der Waals surface area contributed by atoms with Crippen LogP contribution in [0.5, 0.6) is 0 Å². The van der Waals surface area contributed by atoms with Crippen LogP contribution in [0.25, 0.3) is 0 Å². The first kappa shape index (κ1) is 13.1. The molecule has 98 valence electrons. The zero-order chi connectivity index (χ0) is 13.0. The summed E-state index contributed by atoms with van der Waals surface area (Å²) in [7, 11) is 0. The summed E-state index contributed by atoms with van der Waals surface area (Å²) in [4.78, 5) is 11.7. The highest BCUT2D eigenvalue weighted by Gasteiger charge is 2.12. The van der Waals surface area contributed by atoms with Gasteiger partial charge in [-0.1, -0.05) is 18.2 Å². The van der Waals surface area contributed by atoms with Gasteiger partial charge in [-0.3, -0.25) is 4.79 Å². The lowest BCUT2D eigenvalue weighted by Crippen LogP contribution is -2.30. The first-order valence-electron chi connectivity index (χ1n) is 6.78. The second-order valence-corrected chi connectivity index (χ2v) is 5.25. The van der Waals surface area contributed by atoms with Crippen LogP contribution in [0.1, 0.15) is 36.5 Å². The molecule has 3 N–H and O–H groups in total. The molecule has 1 amide bonds. The molecule has 18 heavy (non-hydrogen) atoms. The molecule has 2 rings (SSSR count). The van der Waals surface area contributed by atoms with E-state index >= 15 is 0 Å². The number of nitrogens with two attached hydrogens (primary N) is 1. The van der Waals surface area contributed by atoms with Crippen LogP contribution >= 0.6 is 0 Å². The molecule has 1 unspecified atom stereocenters. The van der Waals surface area contributed by atoms with E-state index in [-0.39, 0.29) is 11.9 Å². The van der Waals surface area contributed by atoms with Gasteiger partial charge in [-0.25, -0.2) is 0 Å². The van der Waals surface area contributed by atoms with Gasteiger partial charge in [0.25, 0.3) is 0 Å². The summed E-state index contributed by atoms with van der Waals surface area (Å²) in [5, 5.41) is 2.91. The van der Waals surface area contributed by atoms with Crippen molar-refractivity contribution in [2.45, 2.75) is 45.1 Å². The smallest absolute Gasteiger partial charge is 0.224 e. The van der Waals surface area contributed by atoms with Crippen LogP contribution in [0.15, 0.2) is 18.2 Å². The van der Waals surface area contributed by atoms with E-state index in [0.717, 1.165) is 18.4 Å². The second-order valence-electron chi connectivity index (χ2n) is 5.25. The van der Waals surface area contributed by atoms with E-state index in [1.807, 2.05) is 6.92 Å². The van der Waals surface area contributed by atoms with Crippen LogP contribution in [-0.4, -0.2) is 18.5 Å². The van der Waals surface area contributed by atoms with Crippen molar-refractivity contribution in [3.8, 4) is 0 Å². The minimum atomic E-state index is 0.0913. The topological polar surface area (TPSA) is 55.1 Å². The zero-order valence-electron chi connectivity index (χ0n) is 11.0. The fourth-order valence-corrected chi connectivity index (χ4v) is 2.42. The van der Waals surface area contributed by atoms with E-state index in [0.29, 0.717) is 13.0 Å². The molecule has 3 heteroatoms. The minimum absolute atomic E-state index is 0.0913. The summed E-state index contributed by atoms with van der Waals surface area (Å²) >= 11 is 0. The van der Waals surface area contributed by atoms with E-state index < -0.39 is 0 Å². The molecule has 1 aliphatic rings. The minimum Gasteiger partial charge on any atom is -0.356 e. The van der Waals surface area contributed by atoms with Crippen molar-refractivity contribution in [2.24, 2.45) is 5.73 Å². The molecule has 0 fully saturated rings. The van der Waals surface area contributed by atoms with Crippen LogP contribution in [0.2, 0.25) is 0 Å². The van der Waals surface area contributed by atoms with Gasteiger partial charge in [-0.15, -0.1) is 0 Å². The van der Waals surface area contributed by atoms with Gasteiger partial charge < -0.3 is 11.1 Å². The summed E-state index contributed by atoms with van der Waals surface area (Å²) < 4.78 is 0. The highest BCUT2D eigenvalue weighted by atomic mass is 16.1. The molecule has 0 radical (unpaired) electrons. The number of carbonyl (C=O) groups is 1. The van der Waals surface area contributed by atoms with Crippen LogP contribution in [0.3, 0.4) is 0 Å². The summed E-state index contributed by atoms with van der Waals surface area (Å²) in [6.45, 7) is 2.62. The molecule has 1 aromatic rings. The molecule has 0 heterocycles. The Bertz CT molecular complexity index is 427. The fraction of sp³-hybridized carbons (Fsp3) is 0.533. The van der Waals surface area contributed by atoms with Crippen molar-refractivity contribution < 1.29 is 4.79 Å². The number of benzene rings is 1. The normalized spacial score (nSPS) is 15.2. The van der Waals surface area contributed by atoms with E-state index in [1.54, 1.807) is 0 Å². The maximum Gasteiger partial charge on any atom is 0.224 e. The van der Waals surface area contributed by atoms with Crippen molar-refractivity contribution in [2.75, 3.05) is 6.54 Å². The van der Waals surface area contributed by atoms with Crippen molar-refractivity contribution in [3.63, 3.8) is 0 Å². The molecule has 0 aliphatic heterocycles. The third kappa shape index (κ3) is 3.57. The van der Waals surface area contributed by atoms with Gasteiger partial charge >= 0.3 is 0 Å². The Kier molecular flexibility index (Phi) is 4.37. The average molecular weight is 246 g/mol. The zero-order valence-corrected chi connectivity index (χ0v) is 11.0. The summed E-state index contributed by atoms with van der Waals surface area (Å²) in [5.74, 6) is 0.0913. The Morgan fingerprint density at radius 1 is 1.39 bits per heavy atom. The Morgan fingerprint density at radius 3 is 2.94 bits per heavy atom. The lowest BCUT2D eigenvalue weighted by molar-refractivity contribution is -0.120. The van der Waals surface area contributed by atoms with E-state index in [4.69, 9.17) is 5.73 Å². The van der Waals surface area contributed by atoms with Gasteiger partial charge in [0.1, 0.15) is 0 Å². The highest BCUT2D eigenvalue weighted by Crippen LogP contribution is 2.22. The molecule has 1 aliphatic carbocycles. The Balaban J connectivity index is 1.84. The number of fused-ring (bicyclic) bond motifs is 1. The predicted molar refractivity (Wildman–Crippen MR) is 73.4 cm³/mol. The third-order valence-electron chi connectivity index (χ3n) is 3.45. The maximum atomic E-state index is 11.7. The molecular weight excluding hydrogens is 224 g/mol. The Hall–Kier alpha value is -1.35. The van der Waals surface area contributed by atoms with Crippen LogP contribution in [0.4, 0.5) is 0 Å². The molecule has 1 aromatic carbocycles. The fourth-order valence-electron chi connectivity index (χ4n) is 2.42. The average Bonchev–Trinajstić information content (AvgIpc) is 2.75. The number of rotatable bonds is 5. The molecular formula is C15H22N2O. The summed E-state index contributed by atoms with van der Waals surface area (Å²) in [5.41, 5.74) is 9.64. The third-order valence-corrected chi connectivity index (χ3v) is 3.45. The number of carbonyl (C=O) groups excluding carboxylic acids is 1. The number of hydrogen-bond donors (Lipinski definition) is 2. The standard InChI is InChI=1S/C15H22N2O/c1-11(16)7-8-17-15(18)10-12-5-6-13-3-2-4-14(13)9-12/h5-6,9,11H,2-4,7-8,10,16H2,1H3,(H,17,18). The van der Waals surface area contributed by atoms with Gasteiger partial charge in [0.05, 0.1) is 6.42 Å². The van der Waals surface area contributed by atoms with Crippen LogP contribution in [0, 0.1) is 0 Å². The first-order valence-corrected chi connectivity index (χ1v) is 6.78. The predicted octanol–water partition coefficient (Wildman–Crippen LogP) is 1.57. The number of aryl methyl sites for hydroxylation is 2. The largest absolute Gasteiger partial charge is 0.356 e. The molecule has 3 nitrogen and oxygen atoms in total. The number of nitrogens with one attached hydrogen (secondary N) is 1. The second kappa shape index (κ2) is 6.01. The molecule has 0 saturated heterocycles. The molecule has 1 atom stereocenters. The van der Waals surface area contributed by atoms with Crippen LogP contribution in [-0.2, 0) is 24.1 Å². The maximum absolute atomic E-state index is 11.7. The van der Waals surface area contributed by atoms with Crippen molar-refractivity contribution in [1.29, 1.82) is 0 Å². The van der Waals surface area contributed by atoms with Gasteiger partial charge in [0, 0.05) is 12.6 Å². The Morgan fingerprint density at radius 2 is 2.17 bits per heavy atom. The lowest BCUT2D eigenvalue weighted by Gasteiger charge is -2.08. The van der Waals surface area contributed by atoms with Gasteiger partial charge in [0.15, 0.2) is 0 Å². The monoisotopic (exact) mass is 246 g/mol. The van der Waals surface area contributed by atoms with Crippen molar-refractivity contribution >= 4 is 5.91 Å². The van der Waals surface area contributed by atoms with Crippen molar-refractivity contribution in [3.05, 3.63) is 34.9 Å². The first-order chi connectivity index (χ1) is 8.65. The molecule has 0 aromatic heterocycles. The van der Waals surface area contributed by atoms with E-state index in [9.17, 15) is 4.79 Å². The molecule has 0 saturated carbocycles. The van der Waals surface area contributed by atoms with E-state index in [2.05, 4.69) is 23.5 Å². The number of amides is 1. The number of hydrogen-bond acceptors (Lipinski definition) is 2. The lowest BCUT2D eigenvalue weighted by atomic mass is 10.0. The van der Waals surface area contributed by atoms with E-state index in [1.165, 1.54) is 24.0 Å². The van der Waals surface area contributed by atoms with Crippen LogP contribution < -0.4 is 11.1 Å². The van der Waals surface area contributed by atoms with Crippen molar-refractivity contribution in [1.82, 2.24) is 5.32 Å². The quantitative estimate of drug-likeness (QED) is 0.828. The highest BCUT2D eigenvalue weighted by molar-refractivity contribution is 5.78. The summed E-state index contributed by atoms with van der Waals surface area (Å²) in [6.07, 6.45) is 4.91. The molecule has 0 bridgehead atoms. The SMILES string of the molecule is CC(N)CCNC(=O)Cc1ccc2c(c1)CCC2. The Labute approximate surface area is 109 Å². The van der Waals surface area contributed by atoms with Gasteiger partial charge in [0.2, 0.25) is 5.91 Å². The molecule has 0 spiro atoms. The van der Waals surface area contributed by atoms with Gasteiger partial charge in [-0.05, 0) is 49.3 Å². The summed E-state index contributed by atoms with van der Waals surface area (Å²) in [6, 6.07) is 6.58.